The summed E-state index contributed by atoms with van der Waals surface area (Å²) in [4.78, 5) is 13.5. The van der Waals surface area contributed by atoms with Gasteiger partial charge in [0.05, 0.1) is 36.8 Å². The zero-order valence-corrected chi connectivity index (χ0v) is 23.0. The molecule has 4 rings (SSSR count). The van der Waals surface area contributed by atoms with E-state index in [4.69, 9.17) is 25.8 Å². The standard InChI is InChI=1S/C26H39ClN2O7S/c1-13(27)20(19-11-18(30)22(31)23(32)26(36-19)37-3)29-25(33)21-24-16(12-28-21)10-15(8-9-35-24)14-4-6-17(34-2)7-5-14/h4-7,13,15-16,18-24,26,28,30-32H,8-12H2,1-3H3,(H,29,33)/t13-,15-,16-,18?,19?,20+,21-,22?,23+,24+,26?/m0/s1. The fourth-order valence-electron chi connectivity index (χ4n) is 5.74. The third kappa shape index (κ3) is 6.55. The molecular formula is C26H39ClN2O7S. The van der Waals surface area contributed by atoms with Gasteiger partial charge in [0.25, 0.3) is 0 Å². The van der Waals surface area contributed by atoms with Crippen LogP contribution in [0.15, 0.2) is 24.3 Å². The third-order valence-corrected chi connectivity index (χ3v) is 9.00. The molecule has 1 aromatic rings. The molecule has 0 bridgehead atoms. The highest BCUT2D eigenvalue weighted by Crippen LogP contribution is 2.37. The van der Waals surface area contributed by atoms with Gasteiger partial charge in [-0.25, -0.2) is 0 Å². The van der Waals surface area contributed by atoms with Gasteiger partial charge in [-0.3, -0.25) is 4.79 Å². The van der Waals surface area contributed by atoms with Crippen molar-refractivity contribution in [1.29, 1.82) is 0 Å². The minimum Gasteiger partial charge on any atom is -0.497 e. The summed E-state index contributed by atoms with van der Waals surface area (Å²) in [5.41, 5.74) is 0.479. The van der Waals surface area contributed by atoms with Crippen molar-refractivity contribution in [3.05, 3.63) is 29.8 Å². The van der Waals surface area contributed by atoms with Crippen molar-refractivity contribution in [2.75, 3.05) is 26.5 Å². The smallest absolute Gasteiger partial charge is 0.240 e. The summed E-state index contributed by atoms with van der Waals surface area (Å²) in [6.45, 7) is 2.98. The maximum absolute atomic E-state index is 13.5. The molecule has 11 atom stereocenters. The third-order valence-electron chi connectivity index (χ3n) is 7.87. The second-order valence-electron chi connectivity index (χ2n) is 10.3. The lowest BCUT2D eigenvalue weighted by atomic mass is 9.85. The maximum Gasteiger partial charge on any atom is 0.240 e. The lowest BCUT2D eigenvalue weighted by Crippen LogP contribution is -2.56. The summed E-state index contributed by atoms with van der Waals surface area (Å²) >= 11 is 7.72. The second-order valence-corrected chi connectivity index (χ2v) is 11.9. The van der Waals surface area contributed by atoms with Crippen LogP contribution in [0.4, 0.5) is 0 Å². The van der Waals surface area contributed by atoms with E-state index in [1.807, 2.05) is 12.1 Å². The Balaban J connectivity index is 1.43. The van der Waals surface area contributed by atoms with Gasteiger partial charge in [0.15, 0.2) is 0 Å². The molecule has 3 fully saturated rings. The van der Waals surface area contributed by atoms with Gasteiger partial charge in [-0.15, -0.1) is 23.4 Å². The van der Waals surface area contributed by atoms with Crippen molar-refractivity contribution in [2.24, 2.45) is 5.92 Å². The van der Waals surface area contributed by atoms with E-state index in [9.17, 15) is 20.1 Å². The zero-order valence-electron chi connectivity index (χ0n) is 21.5. The Morgan fingerprint density at radius 3 is 2.59 bits per heavy atom. The Morgan fingerprint density at radius 2 is 1.95 bits per heavy atom. The maximum atomic E-state index is 13.5. The molecule has 208 valence electrons. The summed E-state index contributed by atoms with van der Waals surface area (Å²) in [6, 6.07) is 6.96. The molecule has 1 amide bonds. The molecule has 1 aromatic carbocycles. The number of carbonyl (C=O) groups excluding carboxylic acids is 1. The summed E-state index contributed by atoms with van der Waals surface area (Å²) in [6.07, 6.45) is -1.21. The van der Waals surface area contributed by atoms with E-state index < -0.39 is 47.3 Å². The number of alkyl halides is 1. The highest BCUT2D eigenvalue weighted by Gasteiger charge is 2.46. The number of carbonyl (C=O) groups is 1. The second kappa shape index (κ2) is 12.8. The van der Waals surface area contributed by atoms with Gasteiger partial charge in [-0.1, -0.05) is 12.1 Å². The molecule has 0 spiro atoms. The number of thioether (sulfide) groups is 1. The van der Waals surface area contributed by atoms with Gasteiger partial charge in [0.2, 0.25) is 5.91 Å². The minimum atomic E-state index is -1.35. The van der Waals surface area contributed by atoms with Crippen molar-refractivity contribution in [3.8, 4) is 5.75 Å². The number of benzene rings is 1. The van der Waals surface area contributed by atoms with Crippen LogP contribution in [0.2, 0.25) is 0 Å². The minimum absolute atomic E-state index is 0.0292. The normalized spacial score (nSPS) is 38.1. The number of methoxy groups -OCH3 is 1. The predicted octanol–water partition coefficient (Wildman–Crippen LogP) is 1.22. The molecule has 0 radical (unpaired) electrons. The number of hydrogen-bond acceptors (Lipinski definition) is 9. The van der Waals surface area contributed by atoms with Crippen LogP contribution in [0.3, 0.4) is 0 Å². The first-order valence-corrected chi connectivity index (χ1v) is 14.6. The van der Waals surface area contributed by atoms with Crippen molar-refractivity contribution in [3.63, 3.8) is 0 Å². The number of halogens is 1. The van der Waals surface area contributed by atoms with Crippen LogP contribution in [0.1, 0.15) is 37.7 Å². The van der Waals surface area contributed by atoms with E-state index in [1.165, 1.54) is 17.3 Å². The lowest BCUT2D eigenvalue weighted by Gasteiger charge is -2.33. The Bertz CT molecular complexity index is 894. The van der Waals surface area contributed by atoms with Gasteiger partial charge in [0, 0.05) is 25.5 Å². The average Bonchev–Trinajstić information content (AvgIpc) is 3.12. The van der Waals surface area contributed by atoms with E-state index in [-0.39, 0.29) is 24.3 Å². The van der Waals surface area contributed by atoms with E-state index >= 15 is 0 Å². The molecule has 5 N–H and O–H groups in total. The van der Waals surface area contributed by atoms with Gasteiger partial charge in [-0.2, -0.15) is 0 Å². The topological polar surface area (TPSA) is 130 Å². The highest BCUT2D eigenvalue weighted by atomic mass is 35.5. The van der Waals surface area contributed by atoms with Crippen LogP contribution >= 0.6 is 23.4 Å². The Morgan fingerprint density at radius 1 is 1.22 bits per heavy atom. The quantitative estimate of drug-likeness (QED) is 0.314. The molecule has 4 unspecified atom stereocenters. The van der Waals surface area contributed by atoms with E-state index in [1.54, 1.807) is 20.3 Å². The van der Waals surface area contributed by atoms with Crippen LogP contribution in [-0.2, 0) is 14.3 Å². The fraction of sp³-hybridized carbons (Fsp3) is 0.731. The summed E-state index contributed by atoms with van der Waals surface area (Å²) < 4.78 is 17.5. The lowest BCUT2D eigenvalue weighted by molar-refractivity contribution is -0.128. The van der Waals surface area contributed by atoms with Crippen molar-refractivity contribution in [1.82, 2.24) is 10.6 Å². The van der Waals surface area contributed by atoms with Crippen LogP contribution < -0.4 is 15.4 Å². The summed E-state index contributed by atoms with van der Waals surface area (Å²) in [5, 5.41) is 36.9. The SMILES string of the molecule is COc1ccc([C@H]2CCO[C@@H]3[C@H](CN[C@@H]3C(=O)N[C@@H](C3CC(O)C(O)[C@@H](O)C(SC)O3)[C@H](C)Cl)C2)cc1. The van der Waals surface area contributed by atoms with Crippen LogP contribution in [0, 0.1) is 5.92 Å². The van der Waals surface area contributed by atoms with Crippen molar-refractivity contribution in [2.45, 2.75) is 85.5 Å². The van der Waals surface area contributed by atoms with Crippen LogP contribution in [-0.4, -0.2) is 101 Å². The molecule has 0 saturated carbocycles. The molecule has 0 aromatic heterocycles. The Labute approximate surface area is 227 Å². The van der Waals surface area contributed by atoms with E-state index in [0.29, 0.717) is 19.1 Å². The Hall–Kier alpha value is -1.11. The number of nitrogens with one attached hydrogen (secondary N) is 2. The molecule has 3 aliphatic rings. The molecule has 3 saturated heterocycles. The van der Waals surface area contributed by atoms with E-state index in [2.05, 4.69) is 22.8 Å². The summed E-state index contributed by atoms with van der Waals surface area (Å²) in [5.74, 6) is 1.10. The monoisotopic (exact) mass is 558 g/mol. The number of amides is 1. The van der Waals surface area contributed by atoms with Gasteiger partial charge >= 0.3 is 0 Å². The Kier molecular flexibility index (Phi) is 10.0. The summed E-state index contributed by atoms with van der Waals surface area (Å²) in [7, 11) is 1.65. The van der Waals surface area contributed by atoms with Gasteiger partial charge < -0.3 is 40.2 Å². The number of hydrogen-bond donors (Lipinski definition) is 5. The average molecular weight is 559 g/mol. The van der Waals surface area contributed by atoms with Crippen molar-refractivity contribution >= 4 is 29.3 Å². The van der Waals surface area contributed by atoms with Crippen LogP contribution in [0.5, 0.6) is 5.75 Å². The number of ether oxygens (including phenoxy) is 3. The predicted molar refractivity (Wildman–Crippen MR) is 142 cm³/mol. The first-order valence-electron chi connectivity index (χ1n) is 12.9. The molecule has 11 heteroatoms. The molecule has 37 heavy (non-hydrogen) atoms. The largest absolute Gasteiger partial charge is 0.497 e. The molecular weight excluding hydrogens is 520 g/mol. The van der Waals surface area contributed by atoms with Crippen molar-refractivity contribution < 1.29 is 34.3 Å². The molecule has 9 nitrogen and oxygen atoms in total. The molecule has 3 aliphatic heterocycles. The fourth-order valence-corrected chi connectivity index (χ4v) is 6.66. The number of aliphatic hydroxyl groups is 3. The van der Waals surface area contributed by atoms with Gasteiger partial charge in [-0.05, 0) is 49.6 Å². The van der Waals surface area contributed by atoms with E-state index in [0.717, 1.165) is 18.6 Å². The molecule has 0 aliphatic carbocycles. The first kappa shape index (κ1) is 28.9. The molecule has 3 heterocycles. The number of fused-ring (bicyclic) bond motifs is 1. The highest BCUT2D eigenvalue weighted by molar-refractivity contribution is 7.99. The number of aliphatic hydroxyl groups excluding tert-OH is 3. The van der Waals surface area contributed by atoms with Gasteiger partial charge in [0.1, 0.15) is 29.4 Å². The zero-order chi connectivity index (χ0) is 26.7. The number of rotatable bonds is 7. The first-order chi connectivity index (χ1) is 17.7. The van der Waals surface area contributed by atoms with Crippen LogP contribution in [0.25, 0.3) is 0 Å².